The van der Waals surface area contributed by atoms with Gasteiger partial charge in [0.1, 0.15) is 0 Å². The van der Waals surface area contributed by atoms with Crippen LogP contribution in [0.2, 0.25) is 0 Å². The standard InChI is InChI=1S/2C18H14N6.2Pt/c2*1-21-9-5-19-17(21)23-7-3-13-11-14-4-8-24(16(14)12-15(13)23)18-20-6-10-22(18)2;;/h2*3-5,7-11H,1-2H3;;/q2*-2;2*+2. The molecule has 0 atom stereocenters. The molecule has 10 aromatic rings. The maximum absolute atomic E-state index is 4.44. The van der Waals surface area contributed by atoms with Crippen LogP contribution in [-0.4, -0.2) is 56.5 Å². The molecule has 2 aromatic carbocycles. The fourth-order valence-corrected chi connectivity index (χ4v) is 6.26. The number of imidazole rings is 4. The van der Waals surface area contributed by atoms with Crippen molar-refractivity contribution in [2.75, 3.05) is 0 Å². The molecule has 0 saturated carbocycles. The van der Waals surface area contributed by atoms with Crippen molar-refractivity contribution >= 4 is 43.6 Å². The Bertz CT molecular complexity index is 2390. The Morgan fingerprint density at radius 1 is 0.440 bits per heavy atom. The van der Waals surface area contributed by atoms with E-state index in [1.54, 1.807) is 12.4 Å². The molecule has 8 aromatic heterocycles. The van der Waals surface area contributed by atoms with Gasteiger partial charge in [0, 0.05) is 38.9 Å². The summed E-state index contributed by atoms with van der Waals surface area (Å²) in [5.41, 5.74) is 3.96. The molecule has 12 nitrogen and oxygen atoms in total. The van der Waals surface area contributed by atoms with Gasteiger partial charge in [-0.2, -0.15) is 12.1 Å². The average Bonchev–Trinajstić information content (AvgIpc) is 3.92. The number of nitrogens with zero attached hydrogens (tertiary/aromatic N) is 12. The molecule has 0 spiro atoms. The molecule has 0 bridgehead atoms. The SMILES string of the molecule is Cn1c[c-]nc1-n1ccc2cc3ccn(-c4nccn4C)c3[c-]c21.Cn1c[c-]nc1-n1ccc2cc3ccn(-c4nccn4C)c3[c-]c21.[Pt+2].[Pt+2]. The van der Waals surface area contributed by atoms with Gasteiger partial charge < -0.3 is 46.5 Å². The van der Waals surface area contributed by atoms with Crippen LogP contribution in [0.1, 0.15) is 0 Å². The van der Waals surface area contributed by atoms with E-state index in [1.807, 2.05) is 105 Å². The summed E-state index contributed by atoms with van der Waals surface area (Å²) in [6.45, 7) is 0. The molecular formula is C36H28N12Pt2. The zero-order chi connectivity index (χ0) is 32.5. The molecule has 252 valence electrons. The van der Waals surface area contributed by atoms with Crippen molar-refractivity contribution < 1.29 is 42.1 Å². The summed E-state index contributed by atoms with van der Waals surface area (Å²) < 4.78 is 16.0. The van der Waals surface area contributed by atoms with Crippen LogP contribution in [0.3, 0.4) is 0 Å². The molecule has 10 rings (SSSR count). The zero-order valence-corrected chi connectivity index (χ0v) is 31.8. The number of aryl methyl sites for hydroxylation is 4. The van der Waals surface area contributed by atoms with Crippen molar-refractivity contribution in [2.45, 2.75) is 0 Å². The van der Waals surface area contributed by atoms with Gasteiger partial charge in [-0.05, 0) is 38.9 Å². The number of aromatic nitrogens is 12. The maximum Gasteiger partial charge on any atom is 2.00 e. The van der Waals surface area contributed by atoms with Crippen LogP contribution in [0.25, 0.3) is 67.4 Å². The van der Waals surface area contributed by atoms with Gasteiger partial charge in [0.05, 0.1) is 11.9 Å². The van der Waals surface area contributed by atoms with Crippen molar-refractivity contribution in [3.8, 4) is 23.8 Å². The largest absolute Gasteiger partial charge is 2.00 e. The van der Waals surface area contributed by atoms with Crippen LogP contribution in [0.5, 0.6) is 0 Å². The van der Waals surface area contributed by atoms with Crippen molar-refractivity contribution in [3.05, 3.63) is 123 Å². The predicted octanol–water partition coefficient (Wildman–Crippen LogP) is 5.28. The van der Waals surface area contributed by atoms with Gasteiger partial charge in [0.25, 0.3) is 0 Å². The third-order valence-electron chi connectivity index (χ3n) is 8.68. The molecule has 14 heteroatoms. The summed E-state index contributed by atoms with van der Waals surface area (Å²) in [6.07, 6.45) is 25.0. The van der Waals surface area contributed by atoms with E-state index in [0.717, 1.165) is 67.4 Å². The van der Waals surface area contributed by atoms with Crippen molar-refractivity contribution in [2.24, 2.45) is 28.2 Å². The monoisotopic (exact) mass is 1020 g/mol. The average molecular weight is 1020 g/mol. The Morgan fingerprint density at radius 2 is 0.780 bits per heavy atom. The van der Waals surface area contributed by atoms with Crippen molar-refractivity contribution in [1.29, 1.82) is 0 Å². The van der Waals surface area contributed by atoms with Crippen LogP contribution in [0, 0.1) is 24.5 Å². The number of rotatable bonds is 4. The smallest absolute Gasteiger partial charge is 0.421 e. The first-order valence-corrected chi connectivity index (χ1v) is 15.3. The molecule has 0 fully saturated rings. The Balaban J connectivity index is 0.000000151. The molecule has 0 saturated heterocycles. The van der Waals surface area contributed by atoms with E-state index >= 15 is 0 Å². The summed E-state index contributed by atoms with van der Waals surface area (Å²) in [5, 5.41) is 4.52. The van der Waals surface area contributed by atoms with Crippen LogP contribution in [-0.2, 0) is 70.3 Å². The minimum Gasteiger partial charge on any atom is -0.421 e. The van der Waals surface area contributed by atoms with E-state index < -0.39 is 0 Å². The Hall–Kier alpha value is -5.18. The van der Waals surface area contributed by atoms with E-state index in [9.17, 15) is 0 Å². The van der Waals surface area contributed by atoms with Gasteiger partial charge in [0.2, 0.25) is 11.9 Å². The summed E-state index contributed by atoms with van der Waals surface area (Å²) in [7, 11) is 7.89. The van der Waals surface area contributed by atoms with Crippen LogP contribution < -0.4 is 0 Å². The second-order valence-electron chi connectivity index (χ2n) is 11.7. The minimum absolute atomic E-state index is 0. The quantitative estimate of drug-likeness (QED) is 0.225. The molecule has 50 heavy (non-hydrogen) atoms. The summed E-state index contributed by atoms with van der Waals surface area (Å²) >= 11 is 0. The molecule has 0 aliphatic rings. The molecule has 0 amide bonds. The Morgan fingerprint density at radius 3 is 1.06 bits per heavy atom. The number of hydrogen-bond acceptors (Lipinski definition) is 4. The molecule has 0 radical (unpaired) electrons. The Labute approximate surface area is 315 Å². The third-order valence-corrected chi connectivity index (χ3v) is 8.68. The Kier molecular flexibility index (Phi) is 8.62. The molecule has 0 N–H and O–H groups in total. The fourth-order valence-electron chi connectivity index (χ4n) is 6.26. The van der Waals surface area contributed by atoms with Crippen LogP contribution in [0.4, 0.5) is 0 Å². The van der Waals surface area contributed by atoms with Crippen LogP contribution in [0.15, 0.2) is 98.4 Å². The maximum atomic E-state index is 4.44. The van der Waals surface area contributed by atoms with E-state index in [4.69, 9.17) is 0 Å². The predicted molar refractivity (Wildman–Crippen MR) is 183 cm³/mol. The van der Waals surface area contributed by atoms with Gasteiger partial charge in [-0.25, -0.2) is 9.97 Å². The second-order valence-corrected chi connectivity index (χ2v) is 11.7. The first-order chi connectivity index (χ1) is 23.4. The van der Waals surface area contributed by atoms with Crippen LogP contribution >= 0.6 is 0 Å². The third kappa shape index (κ3) is 5.30. The summed E-state index contributed by atoms with van der Waals surface area (Å²) in [5.74, 6) is 3.36. The zero-order valence-electron chi connectivity index (χ0n) is 27.2. The first-order valence-electron chi connectivity index (χ1n) is 15.3. The minimum atomic E-state index is 0. The van der Waals surface area contributed by atoms with Gasteiger partial charge in [-0.15, -0.1) is 46.1 Å². The van der Waals surface area contributed by atoms with E-state index in [-0.39, 0.29) is 42.1 Å². The molecule has 0 unspecified atom stereocenters. The van der Waals surface area contributed by atoms with E-state index in [2.05, 4.69) is 90.0 Å². The van der Waals surface area contributed by atoms with Gasteiger partial charge >= 0.3 is 42.1 Å². The van der Waals surface area contributed by atoms with Gasteiger partial charge in [-0.3, -0.25) is 0 Å². The first kappa shape index (κ1) is 33.3. The molecule has 8 heterocycles. The number of fused-ring (bicyclic) bond motifs is 4. The summed E-state index contributed by atoms with van der Waals surface area (Å²) in [6, 6.07) is 19.8. The van der Waals surface area contributed by atoms with Crippen molar-refractivity contribution in [1.82, 2.24) is 56.5 Å². The topological polar surface area (TPSA) is 91.0 Å². The molecular weight excluding hydrogens is 991 g/mol. The van der Waals surface area contributed by atoms with E-state index in [1.165, 1.54) is 0 Å². The summed E-state index contributed by atoms with van der Waals surface area (Å²) in [4.78, 5) is 17.5. The fraction of sp³-hybridized carbons (Fsp3) is 0.111. The van der Waals surface area contributed by atoms with Crippen molar-refractivity contribution in [3.63, 3.8) is 0 Å². The van der Waals surface area contributed by atoms with E-state index in [0.29, 0.717) is 0 Å². The number of benzene rings is 2. The molecule has 0 aliphatic carbocycles. The number of hydrogen-bond donors (Lipinski definition) is 0. The van der Waals surface area contributed by atoms with Gasteiger partial charge in [0.15, 0.2) is 0 Å². The molecule has 0 aliphatic heterocycles. The van der Waals surface area contributed by atoms with Gasteiger partial charge in [-0.1, -0.05) is 58.7 Å². The second kappa shape index (κ2) is 12.9. The normalized spacial score (nSPS) is 11.3.